The lowest BCUT2D eigenvalue weighted by Gasteiger charge is -2.21. The third-order valence-corrected chi connectivity index (χ3v) is 17.7. The van der Waals surface area contributed by atoms with E-state index in [1.165, 1.54) is 116 Å². The molecule has 0 aromatic carbocycles. The van der Waals surface area contributed by atoms with Gasteiger partial charge < -0.3 is 33.8 Å². The Morgan fingerprint density at radius 3 is 0.835 bits per heavy atom. The first-order valence-electron chi connectivity index (χ1n) is 34.3. The van der Waals surface area contributed by atoms with E-state index < -0.39 is 97.5 Å². The van der Waals surface area contributed by atoms with Crippen molar-refractivity contribution in [3.8, 4) is 0 Å². The Balaban J connectivity index is 5.24. The van der Waals surface area contributed by atoms with Crippen LogP contribution in [-0.4, -0.2) is 96.7 Å². The summed E-state index contributed by atoms with van der Waals surface area (Å²) in [7, 11) is -9.89. The highest BCUT2D eigenvalue weighted by atomic mass is 31.2. The normalized spacial score (nSPS) is 15.0. The lowest BCUT2D eigenvalue weighted by Crippen LogP contribution is -2.30. The number of esters is 4. The summed E-state index contributed by atoms with van der Waals surface area (Å²) in [6.07, 6.45) is 36.3. The summed E-state index contributed by atoms with van der Waals surface area (Å²) in [5.74, 6) is 0.813. The van der Waals surface area contributed by atoms with Gasteiger partial charge in [-0.2, -0.15) is 0 Å². The van der Waals surface area contributed by atoms with Gasteiger partial charge in [0.25, 0.3) is 0 Å². The van der Waals surface area contributed by atoms with Crippen molar-refractivity contribution in [2.24, 2.45) is 23.7 Å². The van der Waals surface area contributed by atoms with E-state index in [2.05, 4.69) is 55.4 Å². The van der Waals surface area contributed by atoms with Gasteiger partial charge in [0.05, 0.1) is 26.4 Å². The molecule has 17 nitrogen and oxygen atoms in total. The van der Waals surface area contributed by atoms with Gasteiger partial charge in [0.2, 0.25) is 0 Å². The van der Waals surface area contributed by atoms with Crippen LogP contribution in [-0.2, 0) is 65.4 Å². The molecule has 19 heteroatoms. The van der Waals surface area contributed by atoms with Gasteiger partial charge in [-0.3, -0.25) is 37.3 Å². The minimum atomic E-state index is -4.95. The van der Waals surface area contributed by atoms with E-state index in [-0.39, 0.29) is 25.7 Å². The Hall–Kier alpha value is -1.94. The maximum absolute atomic E-state index is 13.0. The van der Waals surface area contributed by atoms with Crippen molar-refractivity contribution < 1.29 is 80.2 Å². The van der Waals surface area contributed by atoms with E-state index in [0.717, 1.165) is 108 Å². The number of unbranched alkanes of at least 4 members (excludes halogenated alkanes) is 27. The molecule has 0 fully saturated rings. The average Bonchev–Trinajstić information content (AvgIpc) is 3.56. The van der Waals surface area contributed by atoms with Crippen molar-refractivity contribution in [3.05, 3.63) is 0 Å². The average molecular weight is 1260 g/mol. The summed E-state index contributed by atoms with van der Waals surface area (Å²) in [6, 6.07) is 0. The molecular formula is C66H128O17P2. The molecule has 0 aliphatic rings. The first-order chi connectivity index (χ1) is 40.7. The Morgan fingerprint density at radius 2 is 0.565 bits per heavy atom. The Bertz CT molecular complexity index is 1700. The minimum absolute atomic E-state index is 0.101. The third-order valence-electron chi connectivity index (χ3n) is 15.8. The van der Waals surface area contributed by atoms with Crippen LogP contribution in [0, 0.1) is 23.7 Å². The second kappa shape index (κ2) is 56.1. The number of phosphoric acid groups is 2. The number of carbonyl (C=O) groups is 4. The van der Waals surface area contributed by atoms with E-state index >= 15 is 0 Å². The molecule has 0 saturated carbocycles. The fourth-order valence-corrected chi connectivity index (χ4v) is 11.3. The van der Waals surface area contributed by atoms with Crippen LogP contribution in [0.5, 0.6) is 0 Å². The van der Waals surface area contributed by atoms with Gasteiger partial charge in [-0.05, 0) is 49.4 Å². The highest BCUT2D eigenvalue weighted by Crippen LogP contribution is 2.45. The summed E-state index contributed by atoms with van der Waals surface area (Å²) in [4.78, 5) is 72.3. The molecule has 85 heavy (non-hydrogen) atoms. The van der Waals surface area contributed by atoms with Gasteiger partial charge in [0.1, 0.15) is 19.3 Å². The fourth-order valence-electron chi connectivity index (χ4n) is 9.72. The van der Waals surface area contributed by atoms with Gasteiger partial charge in [-0.15, -0.1) is 0 Å². The molecule has 3 N–H and O–H groups in total. The van der Waals surface area contributed by atoms with Crippen molar-refractivity contribution in [1.82, 2.24) is 0 Å². The Kier molecular flexibility index (Phi) is 54.8. The van der Waals surface area contributed by atoms with Gasteiger partial charge in [0.15, 0.2) is 12.2 Å². The van der Waals surface area contributed by atoms with Crippen molar-refractivity contribution in [1.29, 1.82) is 0 Å². The van der Waals surface area contributed by atoms with Gasteiger partial charge in [0, 0.05) is 25.7 Å². The van der Waals surface area contributed by atoms with Crippen LogP contribution in [0.25, 0.3) is 0 Å². The molecule has 0 aromatic rings. The monoisotopic (exact) mass is 1250 g/mol. The molecule has 0 radical (unpaired) electrons. The van der Waals surface area contributed by atoms with Gasteiger partial charge in [-0.1, -0.05) is 267 Å². The van der Waals surface area contributed by atoms with E-state index in [1.807, 2.05) is 0 Å². The number of phosphoric ester groups is 2. The van der Waals surface area contributed by atoms with Crippen LogP contribution < -0.4 is 0 Å². The number of aliphatic hydroxyl groups excluding tert-OH is 1. The van der Waals surface area contributed by atoms with Crippen LogP contribution in [0.15, 0.2) is 0 Å². The summed E-state index contributed by atoms with van der Waals surface area (Å²) in [6.45, 7) is 14.0. The Labute approximate surface area is 517 Å². The topological polar surface area (TPSA) is 237 Å². The van der Waals surface area contributed by atoms with E-state index in [1.54, 1.807) is 0 Å². The number of hydrogen-bond donors (Lipinski definition) is 3. The van der Waals surface area contributed by atoms with Gasteiger partial charge in [-0.25, -0.2) is 9.13 Å². The smallest absolute Gasteiger partial charge is 0.462 e. The largest absolute Gasteiger partial charge is 0.472 e. The molecule has 0 bridgehead atoms. The summed E-state index contributed by atoms with van der Waals surface area (Å²) in [5, 5.41) is 10.5. The minimum Gasteiger partial charge on any atom is -0.462 e. The van der Waals surface area contributed by atoms with Crippen LogP contribution >= 0.6 is 15.6 Å². The zero-order valence-corrected chi connectivity index (χ0v) is 57.0. The summed E-state index contributed by atoms with van der Waals surface area (Å²) < 4.78 is 68.1. The summed E-state index contributed by atoms with van der Waals surface area (Å²) in [5.41, 5.74) is 0. The van der Waals surface area contributed by atoms with Gasteiger partial charge >= 0.3 is 39.5 Å². The second-order valence-corrected chi connectivity index (χ2v) is 28.2. The van der Waals surface area contributed by atoms with Crippen molar-refractivity contribution in [3.63, 3.8) is 0 Å². The molecule has 0 amide bonds. The van der Waals surface area contributed by atoms with Crippen LogP contribution in [0.3, 0.4) is 0 Å². The molecule has 504 valence electrons. The van der Waals surface area contributed by atoms with Crippen molar-refractivity contribution in [2.45, 2.75) is 337 Å². The van der Waals surface area contributed by atoms with Crippen molar-refractivity contribution >= 4 is 39.5 Å². The SMILES string of the molecule is CCC(C)CCCCCCCCCCCCC(=O)OC[C@H](COP(=O)(O)OCC(O)COP(=O)(O)OC[C@@H](COC(=O)CCCCCCCCCC(C)C)OC(=O)CCCCCCCCCCC(C)CC)OC(=O)CCCCCCCCC(C)C. The molecule has 0 spiro atoms. The highest BCUT2D eigenvalue weighted by Gasteiger charge is 2.30. The first kappa shape index (κ1) is 83.1. The maximum atomic E-state index is 13.0. The first-order valence-corrected chi connectivity index (χ1v) is 37.3. The zero-order chi connectivity index (χ0) is 63.2. The molecule has 0 heterocycles. The second-order valence-electron chi connectivity index (χ2n) is 25.3. The molecule has 0 aromatic heterocycles. The van der Waals surface area contributed by atoms with E-state index in [4.69, 9.17) is 37.0 Å². The number of carbonyl (C=O) groups excluding carboxylic acids is 4. The number of ether oxygens (including phenoxy) is 4. The quantitative estimate of drug-likeness (QED) is 0.0222. The zero-order valence-electron chi connectivity index (χ0n) is 55.2. The number of hydrogen-bond acceptors (Lipinski definition) is 15. The predicted octanol–water partition coefficient (Wildman–Crippen LogP) is 18.1. The fraction of sp³-hybridized carbons (Fsp3) is 0.939. The number of aliphatic hydroxyl groups is 1. The molecule has 0 rings (SSSR count). The van der Waals surface area contributed by atoms with E-state index in [0.29, 0.717) is 37.5 Å². The lowest BCUT2D eigenvalue weighted by atomic mass is 9.99. The van der Waals surface area contributed by atoms with Crippen LogP contribution in [0.1, 0.15) is 319 Å². The molecule has 0 saturated heterocycles. The lowest BCUT2D eigenvalue weighted by molar-refractivity contribution is -0.161. The standard InChI is InChI=1S/C66H128O17P2/c1-9-58(7)44-36-28-19-13-11-12-14-21-30-38-46-63(68)76-53-62(83-66(71)49-41-33-25-24-27-35-43-57(5)6)55-81-85(74,75)79-51-60(67)50-78-84(72,73)80-54-61(52-77-64(69)47-39-31-23-17-18-26-34-42-56(3)4)82-65(70)48-40-32-22-16-15-20-29-37-45-59(8)10-2/h56-62,67H,9-55H2,1-8H3,(H,72,73)(H,74,75)/t58?,59?,60?,61-,62-/m1/s1. The van der Waals surface area contributed by atoms with E-state index in [9.17, 15) is 43.2 Å². The van der Waals surface area contributed by atoms with Crippen molar-refractivity contribution in [2.75, 3.05) is 39.6 Å². The third kappa shape index (κ3) is 58.2. The molecule has 0 aliphatic heterocycles. The Morgan fingerprint density at radius 1 is 0.329 bits per heavy atom. The molecular weight excluding hydrogens is 1130 g/mol. The maximum Gasteiger partial charge on any atom is 0.472 e. The number of rotatable bonds is 63. The van der Waals surface area contributed by atoms with Crippen LogP contribution in [0.2, 0.25) is 0 Å². The molecule has 5 unspecified atom stereocenters. The molecule has 7 atom stereocenters. The molecule has 0 aliphatic carbocycles. The van der Waals surface area contributed by atoms with Crippen LogP contribution in [0.4, 0.5) is 0 Å². The highest BCUT2D eigenvalue weighted by molar-refractivity contribution is 7.47. The predicted molar refractivity (Wildman–Crippen MR) is 340 cm³/mol. The summed E-state index contributed by atoms with van der Waals surface area (Å²) >= 11 is 0.